The summed E-state index contributed by atoms with van der Waals surface area (Å²) in [4.78, 5) is 0. The van der Waals surface area contributed by atoms with E-state index < -0.39 is 0 Å². The number of rotatable bonds is 6. The van der Waals surface area contributed by atoms with Gasteiger partial charge in [-0.15, -0.1) is 0 Å². The molecule has 1 aromatic carbocycles. The van der Waals surface area contributed by atoms with E-state index in [4.69, 9.17) is 14.7 Å². The highest BCUT2D eigenvalue weighted by molar-refractivity contribution is 5.46. The second-order valence-corrected chi connectivity index (χ2v) is 3.72. The highest BCUT2D eigenvalue weighted by atomic mass is 16.5. The first-order valence-corrected chi connectivity index (χ1v) is 5.52. The van der Waals surface area contributed by atoms with Crippen LogP contribution in [0.25, 0.3) is 0 Å². The van der Waals surface area contributed by atoms with Crippen LogP contribution in [0.2, 0.25) is 0 Å². The number of aryl methyl sites for hydroxylation is 1. The highest BCUT2D eigenvalue weighted by Gasteiger charge is 2.08. The summed E-state index contributed by atoms with van der Waals surface area (Å²) in [5.74, 6) is 1.73. The third kappa shape index (κ3) is 3.65. The van der Waals surface area contributed by atoms with Crippen LogP contribution >= 0.6 is 0 Å². The summed E-state index contributed by atoms with van der Waals surface area (Å²) in [5.41, 5.74) is 2.14. The average Bonchev–Trinajstić information content (AvgIpc) is 2.35. The lowest BCUT2D eigenvalue weighted by molar-refractivity contribution is 0.396. The summed E-state index contributed by atoms with van der Waals surface area (Å²) >= 11 is 0. The minimum absolute atomic E-state index is 0.366. The third-order valence-electron chi connectivity index (χ3n) is 2.57. The summed E-state index contributed by atoms with van der Waals surface area (Å²) in [6, 6.07) is 6.01. The summed E-state index contributed by atoms with van der Waals surface area (Å²) in [5, 5.41) is 11.5. The van der Waals surface area contributed by atoms with E-state index >= 15 is 0 Å². The van der Waals surface area contributed by atoms with Gasteiger partial charge in [0.1, 0.15) is 11.5 Å². The maximum Gasteiger partial charge on any atom is 0.122 e. The summed E-state index contributed by atoms with van der Waals surface area (Å²) in [6.07, 6.45) is 0.807. The summed E-state index contributed by atoms with van der Waals surface area (Å²) < 4.78 is 10.6. The fourth-order valence-corrected chi connectivity index (χ4v) is 1.68. The van der Waals surface area contributed by atoms with Gasteiger partial charge in [0, 0.05) is 6.54 Å². The van der Waals surface area contributed by atoms with Gasteiger partial charge < -0.3 is 14.8 Å². The monoisotopic (exact) mass is 234 g/mol. The Kier molecular flexibility index (Phi) is 5.31. The first kappa shape index (κ1) is 13.3. The normalized spacial score (nSPS) is 9.76. The quantitative estimate of drug-likeness (QED) is 0.601. The first-order chi connectivity index (χ1) is 8.22. The van der Waals surface area contributed by atoms with Gasteiger partial charge in [0.2, 0.25) is 0 Å². The SMILES string of the molecule is COc1cc(CCNCC#N)c(OC)cc1C. The van der Waals surface area contributed by atoms with Gasteiger partial charge in [0.05, 0.1) is 26.8 Å². The lowest BCUT2D eigenvalue weighted by Crippen LogP contribution is -2.17. The predicted molar refractivity (Wildman–Crippen MR) is 66.5 cm³/mol. The van der Waals surface area contributed by atoms with E-state index in [0.29, 0.717) is 6.54 Å². The van der Waals surface area contributed by atoms with Crippen molar-refractivity contribution in [1.29, 1.82) is 5.26 Å². The van der Waals surface area contributed by atoms with Gasteiger partial charge in [0.15, 0.2) is 0 Å². The van der Waals surface area contributed by atoms with Gasteiger partial charge in [-0.2, -0.15) is 5.26 Å². The van der Waals surface area contributed by atoms with Crippen LogP contribution in [0.5, 0.6) is 11.5 Å². The van der Waals surface area contributed by atoms with Crippen LogP contribution in [0, 0.1) is 18.3 Å². The number of nitrogens with one attached hydrogen (secondary N) is 1. The molecular formula is C13H18N2O2. The van der Waals surface area contributed by atoms with Crippen molar-refractivity contribution in [3.63, 3.8) is 0 Å². The second kappa shape index (κ2) is 6.77. The van der Waals surface area contributed by atoms with Crippen molar-refractivity contribution in [2.24, 2.45) is 0 Å². The first-order valence-electron chi connectivity index (χ1n) is 5.52. The van der Waals surface area contributed by atoms with Gasteiger partial charge in [-0.05, 0) is 36.6 Å². The lowest BCUT2D eigenvalue weighted by atomic mass is 10.1. The van der Waals surface area contributed by atoms with E-state index in [0.717, 1.165) is 35.6 Å². The molecule has 0 aliphatic rings. The third-order valence-corrected chi connectivity index (χ3v) is 2.57. The average molecular weight is 234 g/mol. The summed E-state index contributed by atoms with van der Waals surface area (Å²) in [7, 11) is 3.32. The number of hydrogen-bond acceptors (Lipinski definition) is 4. The van der Waals surface area contributed by atoms with Crippen LogP contribution in [-0.4, -0.2) is 27.3 Å². The van der Waals surface area contributed by atoms with E-state index in [1.54, 1.807) is 14.2 Å². The van der Waals surface area contributed by atoms with Crippen molar-refractivity contribution in [2.75, 3.05) is 27.3 Å². The summed E-state index contributed by atoms with van der Waals surface area (Å²) in [6.45, 7) is 3.10. The van der Waals surface area contributed by atoms with Crippen molar-refractivity contribution in [2.45, 2.75) is 13.3 Å². The van der Waals surface area contributed by atoms with Gasteiger partial charge in [0.25, 0.3) is 0 Å². The zero-order valence-corrected chi connectivity index (χ0v) is 10.5. The molecule has 0 bridgehead atoms. The molecule has 0 aliphatic carbocycles. The Morgan fingerprint density at radius 3 is 2.53 bits per heavy atom. The highest BCUT2D eigenvalue weighted by Crippen LogP contribution is 2.28. The van der Waals surface area contributed by atoms with Crippen molar-refractivity contribution in [3.05, 3.63) is 23.3 Å². The smallest absolute Gasteiger partial charge is 0.122 e. The number of nitrogens with zero attached hydrogens (tertiary/aromatic N) is 1. The maximum atomic E-state index is 8.43. The number of hydrogen-bond donors (Lipinski definition) is 1. The Labute approximate surface area is 102 Å². The molecule has 0 aromatic heterocycles. The van der Waals surface area contributed by atoms with E-state index in [9.17, 15) is 0 Å². The molecular weight excluding hydrogens is 216 g/mol. The van der Waals surface area contributed by atoms with Crippen LogP contribution in [0.4, 0.5) is 0 Å². The van der Waals surface area contributed by atoms with Gasteiger partial charge in [-0.25, -0.2) is 0 Å². The molecule has 92 valence electrons. The molecule has 0 fully saturated rings. The largest absolute Gasteiger partial charge is 0.496 e. The van der Waals surface area contributed by atoms with Crippen molar-refractivity contribution in [3.8, 4) is 17.6 Å². The molecule has 1 rings (SSSR count). The molecule has 4 heteroatoms. The molecule has 0 saturated carbocycles. The number of benzene rings is 1. The molecule has 1 N–H and O–H groups in total. The molecule has 17 heavy (non-hydrogen) atoms. The fourth-order valence-electron chi connectivity index (χ4n) is 1.68. The number of ether oxygens (including phenoxy) is 2. The van der Waals surface area contributed by atoms with Crippen molar-refractivity contribution < 1.29 is 9.47 Å². The predicted octanol–water partition coefficient (Wildman–Crippen LogP) is 1.67. The Bertz CT molecular complexity index is 411. The Morgan fingerprint density at radius 1 is 1.24 bits per heavy atom. The molecule has 0 heterocycles. The van der Waals surface area contributed by atoms with E-state index in [1.165, 1.54) is 0 Å². The van der Waals surface area contributed by atoms with E-state index in [1.807, 2.05) is 25.1 Å². The zero-order chi connectivity index (χ0) is 12.7. The van der Waals surface area contributed by atoms with Crippen molar-refractivity contribution >= 4 is 0 Å². The van der Waals surface area contributed by atoms with Crippen LogP contribution in [0.3, 0.4) is 0 Å². The molecule has 0 spiro atoms. The van der Waals surface area contributed by atoms with Crippen LogP contribution in [0.1, 0.15) is 11.1 Å². The van der Waals surface area contributed by atoms with E-state index in [2.05, 4.69) is 5.32 Å². The molecule has 0 atom stereocenters. The van der Waals surface area contributed by atoms with Crippen LogP contribution in [-0.2, 0) is 6.42 Å². The minimum atomic E-state index is 0.366. The van der Waals surface area contributed by atoms with Crippen LogP contribution in [0.15, 0.2) is 12.1 Å². The molecule has 0 unspecified atom stereocenters. The number of methoxy groups -OCH3 is 2. The molecule has 0 amide bonds. The minimum Gasteiger partial charge on any atom is -0.496 e. The van der Waals surface area contributed by atoms with Crippen molar-refractivity contribution in [1.82, 2.24) is 5.32 Å². The molecule has 1 aromatic rings. The zero-order valence-electron chi connectivity index (χ0n) is 10.5. The molecule has 0 saturated heterocycles. The Balaban J connectivity index is 2.78. The second-order valence-electron chi connectivity index (χ2n) is 3.72. The molecule has 4 nitrogen and oxygen atoms in total. The fraction of sp³-hybridized carbons (Fsp3) is 0.462. The van der Waals surface area contributed by atoms with Gasteiger partial charge in [-0.1, -0.05) is 0 Å². The van der Waals surface area contributed by atoms with E-state index in [-0.39, 0.29) is 0 Å². The lowest BCUT2D eigenvalue weighted by Gasteiger charge is -2.13. The topological polar surface area (TPSA) is 54.3 Å². The maximum absolute atomic E-state index is 8.43. The Hall–Kier alpha value is -1.73. The van der Waals surface area contributed by atoms with Gasteiger partial charge in [-0.3, -0.25) is 0 Å². The Morgan fingerprint density at radius 2 is 1.94 bits per heavy atom. The standard InChI is InChI=1S/C13H18N2O2/c1-10-8-13(17-3)11(9-12(10)16-2)4-6-15-7-5-14/h8-9,15H,4,6-7H2,1-3H3. The molecule has 0 radical (unpaired) electrons. The molecule has 0 aliphatic heterocycles. The van der Waals surface area contributed by atoms with Crippen LogP contribution < -0.4 is 14.8 Å². The van der Waals surface area contributed by atoms with Gasteiger partial charge >= 0.3 is 0 Å². The number of nitriles is 1.